The Morgan fingerprint density at radius 3 is 2.61 bits per heavy atom. The van der Waals surface area contributed by atoms with Crippen molar-refractivity contribution in [2.75, 3.05) is 14.2 Å². The second-order valence-corrected chi connectivity index (χ2v) is 9.13. The number of hydrogen-bond acceptors (Lipinski definition) is 8. The number of carbonyl (C=O) groups excluding carboxylic acids is 2. The summed E-state index contributed by atoms with van der Waals surface area (Å²) < 4.78 is 28.2. The van der Waals surface area contributed by atoms with Gasteiger partial charge in [0.1, 0.15) is 17.1 Å². The van der Waals surface area contributed by atoms with Gasteiger partial charge in [-0.2, -0.15) is 0 Å². The molecule has 1 unspecified atom stereocenters. The Morgan fingerprint density at radius 1 is 0.974 bits per heavy atom. The molecule has 190 valence electrons. The second-order valence-electron chi connectivity index (χ2n) is 9.13. The van der Waals surface area contributed by atoms with Gasteiger partial charge in [0.2, 0.25) is 5.78 Å². The molecule has 3 heterocycles. The fourth-order valence-corrected chi connectivity index (χ4v) is 5.04. The highest BCUT2D eigenvalue weighted by atomic mass is 16.5. The smallest absolute Gasteiger partial charge is 0.312 e. The third kappa shape index (κ3) is 3.64. The van der Waals surface area contributed by atoms with E-state index in [0.29, 0.717) is 39.2 Å². The lowest BCUT2D eigenvalue weighted by Gasteiger charge is -2.25. The molecule has 0 fully saturated rings. The first-order valence-corrected chi connectivity index (χ1v) is 11.9. The maximum atomic E-state index is 13.5. The van der Waals surface area contributed by atoms with Crippen LogP contribution >= 0.6 is 0 Å². The monoisotopic (exact) mass is 510 g/mol. The average molecular weight is 510 g/mol. The molecule has 2 aliphatic heterocycles. The van der Waals surface area contributed by atoms with E-state index < -0.39 is 11.9 Å². The number of fused-ring (bicyclic) bond motifs is 4. The predicted molar refractivity (Wildman–Crippen MR) is 138 cm³/mol. The van der Waals surface area contributed by atoms with E-state index >= 15 is 0 Å². The van der Waals surface area contributed by atoms with E-state index in [0.717, 1.165) is 5.56 Å². The van der Waals surface area contributed by atoms with Gasteiger partial charge in [-0.05, 0) is 43.3 Å². The van der Waals surface area contributed by atoms with Crippen LogP contribution in [0.15, 0.2) is 69.8 Å². The Bertz CT molecular complexity index is 1740. The van der Waals surface area contributed by atoms with Crippen LogP contribution in [-0.2, 0) is 4.79 Å². The molecule has 0 radical (unpaired) electrons. The van der Waals surface area contributed by atoms with Gasteiger partial charge in [0, 0.05) is 22.6 Å². The Hall–Kier alpha value is -4.85. The number of methoxy groups -OCH3 is 2. The topological polar surface area (TPSA) is 101 Å². The van der Waals surface area contributed by atoms with Crippen molar-refractivity contribution in [3.63, 3.8) is 0 Å². The molecule has 0 bridgehead atoms. The summed E-state index contributed by atoms with van der Waals surface area (Å²) in [7, 11) is 3.04. The second kappa shape index (κ2) is 8.92. The van der Waals surface area contributed by atoms with Crippen LogP contribution in [0.5, 0.6) is 23.0 Å². The summed E-state index contributed by atoms with van der Waals surface area (Å²) in [6.07, 6.45) is 2.85. The maximum absolute atomic E-state index is 13.5. The number of allylic oxidation sites excluding steroid dienone is 1. The van der Waals surface area contributed by atoms with Gasteiger partial charge in [-0.3, -0.25) is 14.4 Å². The van der Waals surface area contributed by atoms with Gasteiger partial charge in [-0.15, -0.1) is 0 Å². The van der Waals surface area contributed by atoms with E-state index in [9.17, 15) is 14.4 Å². The molecule has 38 heavy (non-hydrogen) atoms. The van der Waals surface area contributed by atoms with Gasteiger partial charge >= 0.3 is 5.97 Å². The van der Waals surface area contributed by atoms with Gasteiger partial charge in [0.15, 0.2) is 22.7 Å². The first-order chi connectivity index (χ1) is 18.4. The molecule has 1 atom stereocenters. The van der Waals surface area contributed by atoms with Gasteiger partial charge in [0.05, 0.1) is 37.9 Å². The largest absolute Gasteiger partial charge is 0.493 e. The summed E-state index contributed by atoms with van der Waals surface area (Å²) >= 11 is 0. The molecule has 0 saturated heterocycles. The zero-order chi connectivity index (χ0) is 26.6. The molecule has 0 aliphatic carbocycles. The van der Waals surface area contributed by atoms with Crippen molar-refractivity contribution in [1.29, 1.82) is 0 Å². The molecular formula is C30H22O8. The zero-order valence-corrected chi connectivity index (χ0v) is 20.8. The molecule has 0 N–H and O–H groups in total. The highest BCUT2D eigenvalue weighted by molar-refractivity contribution is 6.15. The lowest BCUT2D eigenvalue weighted by atomic mass is 9.85. The number of Topliss-reactive ketones (excluding diaryl/α,β-unsaturated/α-hetero) is 1. The van der Waals surface area contributed by atoms with Gasteiger partial charge < -0.3 is 23.4 Å². The Morgan fingerprint density at radius 2 is 1.82 bits per heavy atom. The minimum Gasteiger partial charge on any atom is -0.493 e. The van der Waals surface area contributed by atoms with Gasteiger partial charge in [0.25, 0.3) is 0 Å². The van der Waals surface area contributed by atoms with Crippen LogP contribution in [0.1, 0.15) is 45.0 Å². The Labute approximate surface area is 217 Å². The van der Waals surface area contributed by atoms with E-state index in [2.05, 4.69) is 0 Å². The van der Waals surface area contributed by atoms with E-state index in [1.807, 2.05) is 13.0 Å². The number of rotatable bonds is 4. The summed E-state index contributed by atoms with van der Waals surface area (Å²) in [5.74, 6) is -0.0432. The molecule has 2 aliphatic rings. The van der Waals surface area contributed by atoms with Crippen molar-refractivity contribution in [3.8, 4) is 23.0 Å². The van der Waals surface area contributed by atoms with Crippen LogP contribution in [-0.4, -0.2) is 26.0 Å². The standard InChI is InChI=1S/C30H22O8/c1-15-7-9-21-19(11-15)27(32)20(14-36-21)18-13-25(31)37-22-10-8-17-28(33)24(38-30(17)26(18)22)12-16-5-4-6-23(34-2)29(16)35-3/h4-12,14,18H,13H2,1-3H3/b24-12-. The van der Waals surface area contributed by atoms with Crippen molar-refractivity contribution >= 4 is 28.8 Å². The predicted octanol–water partition coefficient (Wildman–Crippen LogP) is 5.18. The number of ketones is 1. The first kappa shape index (κ1) is 23.5. The van der Waals surface area contributed by atoms with Crippen LogP contribution < -0.4 is 24.4 Å². The third-order valence-corrected chi connectivity index (χ3v) is 6.83. The van der Waals surface area contributed by atoms with Gasteiger partial charge in [-0.25, -0.2) is 0 Å². The molecule has 8 heteroatoms. The summed E-state index contributed by atoms with van der Waals surface area (Å²) in [4.78, 5) is 39.5. The molecule has 0 spiro atoms. The average Bonchev–Trinajstić information content (AvgIpc) is 3.23. The van der Waals surface area contributed by atoms with Gasteiger partial charge in [-0.1, -0.05) is 23.8 Å². The number of aryl methyl sites for hydroxylation is 1. The molecule has 4 aromatic rings. The van der Waals surface area contributed by atoms with Crippen LogP contribution in [0.4, 0.5) is 0 Å². The fourth-order valence-electron chi connectivity index (χ4n) is 5.04. The molecule has 3 aromatic carbocycles. The van der Waals surface area contributed by atoms with Crippen molar-refractivity contribution in [2.24, 2.45) is 0 Å². The summed E-state index contributed by atoms with van der Waals surface area (Å²) in [5.41, 5.74) is 2.74. The van der Waals surface area contributed by atoms with Crippen molar-refractivity contribution in [1.82, 2.24) is 0 Å². The first-order valence-electron chi connectivity index (χ1n) is 11.9. The van der Waals surface area contributed by atoms with Crippen molar-refractivity contribution in [2.45, 2.75) is 19.3 Å². The Kier molecular flexibility index (Phi) is 5.52. The van der Waals surface area contributed by atoms with Crippen molar-refractivity contribution < 1.29 is 33.0 Å². The number of para-hydroxylation sites is 1. The third-order valence-electron chi connectivity index (χ3n) is 6.83. The summed E-state index contributed by atoms with van der Waals surface area (Å²) in [6, 6.07) is 13.8. The number of carbonyl (C=O) groups is 2. The van der Waals surface area contributed by atoms with Crippen LogP contribution in [0.3, 0.4) is 0 Å². The van der Waals surface area contributed by atoms with Crippen LogP contribution in [0, 0.1) is 6.92 Å². The number of benzene rings is 3. The molecule has 6 rings (SSSR count). The molecule has 0 amide bonds. The number of hydrogen-bond donors (Lipinski definition) is 0. The van der Waals surface area contributed by atoms with E-state index in [1.165, 1.54) is 20.5 Å². The lowest BCUT2D eigenvalue weighted by Crippen LogP contribution is -2.25. The molecule has 0 saturated carbocycles. The van der Waals surface area contributed by atoms with E-state index in [4.69, 9.17) is 23.4 Å². The summed E-state index contributed by atoms with van der Waals surface area (Å²) in [5, 5.41) is 0.415. The molecule has 1 aromatic heterocycles. The summed E-state index contributed by atoms with van der Waals surface area (Å²) in [6.45, 7) is 1.89. The van der Waals surface area contributed by atoms with E-state index in [-0.39, 0.29) is 40.5 Å². The minimum atomic E-state index is -0.721. The van der Waals surface area contributed by atoms with Crippen molar-refractivity contribution in [3.05, 3.63) is 98.6 Å². The highest BCUT2D eigenvalue weighted by Crippen LogP contribution is 2.49. The van der Waals surface area contributed by atoms with E-state index in [1.54, 1.807) is 48.5 Å². The highest BCUT2D eigenvalue weighted by Gasteiger charge is 2.39. The fraction of sp³-hybridized carbons (Fsp3) is 0.167. The van der Waals surface area contributed by atoms with Crippen LogP contribution in [0.25, 0.3) is 17.0 Å². The number of esters is 1. The normalized spacial score (nSPS) is 17.1. The van der Waals surface area contributed by atoms with Crippen LogP contribution in [0.2, 0.25) is 0 Å². The maximum Gasteiger partial charge on any atom is 0.312 e. The minimum absolute atomic E-state index is 0.0665. The Balaban J connectivity index is 1.50. The SMILES string of the molecule is COc1cccc(/C=C2\Oc3c(ccc4c3C(c3coc5ccc(C)cc5c3=O)CC(=O)O4)C2=O)c1OC. The molecule has 8 nitrogen and oxygen atoms in total. The molecular weight excluding hydrogens is 488 g/mol. The lowest BCUT2D eigenvalue weighted by molar-refractivity contribution is -0.135. The quantitative estimate of drug-likeness (QED) is 0.210. The zero-order valence-electron chi connectivity index (χ0n) is 20.8. The number of ether oxygens (including phenoxy) is 4.